The van der Waals surface area contributed by atoms with E-state index in [-0.39, 0.29) is 12.2 Å². The Kier molecular flexibility index (Phi) is 2.86. The SMILES string of the molecule is CC(C)(C)OC(=O)N1CC2CC(O)C[C@@H]2C1. The fraction of sp³-hybridized carbons (Fsp3) is 0.917. The Morgan fingerprint density at radius 3 is 2.19 bits per heavy atom. The van der Waals surface area contributed by atoms with Gasteiger partial charge in [-0.2, -0.15) is 0 Å². The van der Waals surface area contributed by atoms with Gasteiger partial charge < -0.3 is 14.7 Å². The van der Waals surface area contributed by atoms with E-state index in [0.717, 1.165) is 25.9 Å². The fourth-order valence-electron chi connectivity index (χ4n) is 2.74. The minimum Gasteiger partial charge on any atom is -0.444 e. The van der Waals surface area contributed by atoms with Gasteiger partial charge in [-0.1, -0.05) is 0 Å². The van der Waals surface area contributed by atoms with Gasteiger partial charge in [0, 0.05) is 13.1 Å². The third-order valence-electron chi connectivity index (χ3n) is 3.38. The molecule has 2 rings (SSSR count). The Balaban J connectivity index is 1.88. The molecule has 4 heteroatoms. The summed E-state index contributed by atoms with van der Waals surface area (Å²) >= 11 is 0. The molecule has 2 fully saturated rings. The van der Waals surface area contributed by atoms with E-state index in [4.69, 9.17) is 4.74 Å². The second-order valence-corrected chi connectivity index (χ2v) is 6.03. The van der Waals surface area contributed by atoms with E-state index in [0.29, 0.717) is 11.8 Å². The van der Waals surface area contributed by atoms with Crippen molar-refractivity contribution in [3.63, 3.8) is 0 Å². The number of hydrogen-bond donors (Lipinski definition) is 1. The average Bonchev–Trinajstić information content (AvgIpc) is 2.56. The number of carbonyl (C=O) groups is 1. The van der Waals surface area contributed by atoms with Crippen LogP contribution in [-0.2, 0) is 4.74 Å². The Bertz CT molecular complexity index is 270. The van der Waals surface area contributed by atoms with E-state index in [9.17, 15) is 9.90 Å². The van der Waals surface area contributed by atoms with Gasteiger partial charge in [0.2, 0.25) is 0 Å². The molecule has 1 N–H and O–H groups in total. The molecule has 0 aromatic heterocycles. The van der Waals surface area contributed by atoms with Crippen LogP contribution in [0.2, 0.25) is 0 Å². The molecule has 2 unspecified atom stereocenters. The molecular formula is C12H21NO3. The fourth-order valence-corrected chi connectivity index (χ4v) is 2.74. The monoisotopic (exact) mass is 227 g/mol. The summed E-state index contributed by atoms with van der Waals surface area (Å²) in [4.78, 5) is 13.6. The van der Waals surface area contributed by atoms with Crippen LogP contribution in [-0.4, -0.2) is 40.9 Å². The first-order chi connectivity index (χ1) is 7.35. The van der Waals surface area contributed by atoms with Crippen molar-refractivity contribution in [2.75, 3.05) is 13.1 Å². The molecule has 0 aromatic rings. The lowest BCUT2D eigenvalue weighted by molar-refractivity contribution is 0.0269. The maximum Gasteiger partial charge on any atom is 0.410 e. The van der Waals surface area contributed by atoms with Gasteiger partial charge in [-0.15, -0.1) is 0 Å². The number of carbonyl (C=O) groups excluding carboxylic acids is 1. The molecule has 2 aliphatic rings. The molecule has 1 aliphatic heterocycles. The molecule has 1 aliphatic carbocycles. The molecule has 0 bridgehead atoms. The van der Waals surface area contributed by atoms with Crippen molar-refractivity contribution >= 4 is 6.09 Å². The number of aliphatic hydroxyl groups is 1. The summed E-state index contributed by atoms with van der Waals surface area (Å²) in [6.07, 6.45) is 1.31. The maximum absolute atomic E-state index is 11.8. The highest BCUT2D eigenvalue weighted by Crippen LogP contribution is 2.38. The lowest BCUT2D eigenvalue weighted by Crippen LogP contribution is -2.36. The molecule has 1 saturated carbocycles. The average molecular weight is 227 g/mol. The van der Waals surface area contributed by atoms with Crippen LogP contribution in [0.5, 0.6) is 0 Å². The molecular weight excluding hydrogens is 206 g/mol. The number of hydrogen-bond acceptors (Lipinski definition) is 3. The van der Waals surface area contributed by atoms with Crippen LogP contribution >= 0.6 is 0 Å². The number of likely N-dealkylation sites (tertiary alicyclic amines) is 1. The second kappa shape index (κ2) is 3.91. The molecule has 16 heavy (non-hydrogen) atoms. The minimum atomic E-state index is -0.422. The highest BCUT2D eigenvalue weighted by molar-refractivity contribution is 5.68. The Labute approximate surface area is 96.6 Å². The minimum absolute atomic E-state index is 0.157. The van der Waals surface area contributed by atoms with Crippen molar-refractivity contribution in [2.24, 2.45) is 11.8 Å². The van der Waals surface area contributed by atoms with Gasteiger partial charge in [0.25, 0.3) is 0 Å². The third-order valence-corrected chi connectivity index (χ3v) is 3.38. The highest BCUT2D eigenvalue weighted by atomic mass is 16.6. The summed E-state index contributed by atoms with van der Waals surface area (Å²) in [5.74, 6) is 0.949. The largest absolute Gasteiger partial charge is 0.444 e. The van der Waals surface area contributed by atoms with Crippen LogP contribution in [0, 0.1) is 11.8 Å². The lowest BCUT2D eigenvalue weighted by atomic mass is 10.0. The van der Waals surface area contributed by atoms with Crippen molar-refractivity contribution in [1.29, 1.82) is 0 Å². The molecule has 1 heterocycles. The van der Waals surface area contributed by atoms with Gasteiger partial charge in [-0.25, -0.2) is 4.79 Å². The summed E-state index contributed by atoms with van der Waals surface area (Å²) in [6.45, 7) is 7.13. The number of nitrogens with zero attached hydrogens (tertiary/aromatic N) is 1. The second-order valence-electron chi connectivity index (χ2n) is 6.03. The van der Waals surface area contributed by atoms with E-state index in [1.54, 1.807) is 4.90 Å². The number of rotatable bonds is 0. The van der Waals surface area contributed by atoms with E-state index in [1.165, 1.54) is 0 Å². The Morgan fingerprint density at radius 2 is 1.75 bits per heavy atom. The normalized spacial score (nSPS) is 34.0. The van der Waals surface area contributed by atoms with Crippen LogP contribution in [0.1, 0.15) is 33.6 Å². The topological polar surface area (TPSA) is 49.8 Å². The van der Waals surface area contributed by atoms with Crippen molar-refractivity contribution in [1.82, 2.24) is 4.90 Å². The predicted molar refractivity (Wildman–Crippen MR) is 60.0 cm³/mol. The first-order valence-corrected chi connectivity index (χ1v) is 6.01. The Morgan fingerprint density at radius 1 is 1.25 bits per heavy atom. The van der Waals surface area contributed by atoms with Crippen molar-refractivity contribution < 1.29 is 14.6 Å². The molecule has 0 spiro atoms. The summed E-state index contributed by atoms with van der Waals surface area (Å²) in [7, 11) is 0. The highest BCUT2D eigenvalue weighted by Gasteiger charge is 2.42. The zero-order chi connectivity index (χ0) is 11.9. The number of amides is 1. The summed E-state index contributed by atoms with van der Waals surface area (Å²) in [6, 6.07) is 0. The zero-order valence-electron chi connectivity index (χ0n) is 10.3. The molecule has 0 radical (unpaired) electrons. The molecule has 3 atom stereocenters. The number of ether oxygens (including phenoxy) is 1. The van der Waals surface area contributed by atoms with Gasteiger partial charge in [0.15, 0.2) is 0 Å². The summed E-state index contributed by atoms with van der Waals surface area (Å²) < 4.78 is 5.34. The van der Waals surface area contributed by atoms with Crippen LogP contribution in [0.25, 0.3) is 0 Å². The van der Waals surface area contributed by atoms with E-state index >= 15 is 0 Å². The van der Waals surface area contributed by atoms with Crippen LogP contribution in [0.3, 0.4) is 0 Å². The standard InChI is InChI=1S/C12H21NO3/c1-12(2,3)16-11(15)13-6-8-4-10(14)5-9(8)7-13/h8-10,14H,4-7H2,1-3H3/t8-,9?,10?/m1/s1. The quantitative estimate of drug-likeness (QED) is 0.684. The first-order valence-electron chi connectivity index (χ1n) is 6.01. The van der Waals surface area contributed by atoms with Crippen molar-refractivity contribution in [3.05, 3.63) is 0 Å². The van der Waals surface area contributed by atoms with Gasteiger partial charge in [-0.05, 0) is 45.4 Å². The molecule has 4 nitrogen and oxygen atoms in total. The van der Waals surface area contributed by atoms with Gasteiger partial charge >= 0.3 is 6.09 Å². The summed E-state index contributed by atoms with van der Waals surface area (Å²) in [5.41, 5.74) is -0.422. The lowest BCUT2D eigenvalue weighted by Gasteiger charge is -2.25. The van der Waals surface area contributed by atoms with E-state index in [2.05, 4.69) is 0 Å². The van der Waals surface area contributed by atoms with Gasteiger partial charge in [-0.3, -0.25) is 0 Å². The number of aliphatic hydroxyl groups excluding tert-OH is 1. The first kappa shape index (κ1) is 11.7. The van der Waals surface area contributed by atoms with E-state index in [1.807, 2.05) is 20.8 Å². The number of fused-ring (bicyclic) bond motifs is 1. The maximum atomic E-state index is 11.8. The molecule has 92 valence electrons. The third kappa shape index (κ3) is 2.48. The van der Waals surface area contributed by atoms with Crippen molar-refractivity contribution in [3.8, 4) is 0 Å². The zero-order valence-corrected chi connectivity index (χ0v) is 10.3. The Hall–Kier alpha value is -0.770. The molecule has 1 amide bonds. The van der Waals surface area contributed by atoms with Crippen molar-refractivity contribution in [2.45, 2.75) is 45.3 Å². The predicted octanol–water partition coefficient (Wildman–Crippen LogP) is 1.62. The van der Waals surface area contributed by atoms with E-state index < -0.39 is 5.60 Å². The van der Waals surface area contributed by atoms with Crippen LogP contribution < -0.4 is 0 Å². The smallest absolute Gasteiger partial charge is 0.410 e. The van der Waals surface area contributed by atoms with Crippen LogP contribution in [0.4, 0.5) is 4.79 Å². The summed E-state index contributed by atoms with van der Waals surface area (Å²) in [5, 5.41) is 9.51. The molecule has 1 saturated heterocycles. The van der Waals surface area contributed by atoms with Gasteiger partial charge in [0.1, 0.15) is 5.60 Å². The van der Waals surface area contributed by atoms with Crippen LogP contribution in [0.15, 0.2) is 0 Å². The van der Waals surface area contributed by atoms with Gasteiger partial charge in [0.05, 0.1) is 6.10 Å². The molecule has 0 aromatic carbocycles.